The maximum atomic E-state index is 11.8. The molecule has 4 saturated carbocycles. The molecule has 0 aromatic heterocycles. The van der Waals surface area contributed by atoms with Crippen molar-refractivity contribution in [1.82, 2.24) is 0 Å². The molecule has 0 aromatic rings. The van der Waals surface area contributed by atoms with Gasteiger partial charge in [-0.15, -0.1) is 0 Å². The molecular formula is C15H25NO2. The van der Waals surface area contributed by atoms with Gasteiger partial charge in [0.25, 0.3) is 0 Å². The third-order valence-electron chi connectivity index (χ3n) is 5.20. The molecule has 102 valence electrons. The highest BCUT2D eigenvalue weighted by atomic mass is 16.5. The van der Waals surface area contributed by atoms with Gasteiger partial charge in [0.2, 0.25) is 0 Å². The summed E-state index contributed by atoms with van der Waals surface area (Å²) in [5, 5.41) is 0. The van der Waals surface area contributed by atoms with E-state index in [1.807, 2.05) is 0 Å². The number of carbonyl (C=O) groups is 1. The van der Waals surface area contributed by atoms with E-state index >= 15 is 0 Å². The van der Waals surface area contributed by atoms with E-state index in [9.17, 15) is 4.79 Å². The molecule has 0 amide bonds. The first-order chi connectivity index (χ1) is 8.36. The molecule has 4 bridgehead atoms. The van der Waals surface area contributed by atoms with Gasteiger partial charge in [0.05, 0.1) is 6.61 Å². The van der Waals surface area contributed by atoms with Crippen LogP contribution in [0.1, 0.15) is 52.4 Å². The highest BCUT2D eigenvalue weighted by Gasteiger charge is 2.51. The van der Waals surface area contributed by atoms with E-state index in [0.29, 0.717) is 12.0 Å². The van der Waals surface area contributed by atoms with Crippen molar-refractivity contribution in [2.45, 2.75) is 57.9 Å². The molecule has 4 aliphatic carbocycles. The lowest BCUT2D eigenvalue weighted by atomic mass is 9.50. The molecular weight excluding hydrogens is 226 g/mol. The maximum absolute atomic E-state index is 11.8. The summed E-state index contributed by atoms with van der Waals surface area (Å²) in [6.07, 6.45) is 8.10. The molecule has 0 unspecified atom stereocenters. The number of nitrogens with two attached hydrogens (primary N) is 1. The molecule has 4 rings (SSSR count). The Kier molecular flexibility index (Phi) is 2.74. The Bertz CT molecular complexity index is 321. The van der Waals surface area contributed by atoms with Crippen LogP contribution in [0.15, 0.2) is 0 Å². The van der Waals surface area contributed by atoms with Crippen molar-refractivity contribution in [2.75, 3.05) is 6.61 Å². The number of hydrogen-bond acceptors (Lipinski definition) is 3. The van der Waals surface area contributed by atoms with E-state index in [0.717, 1.165) is 17.8 Å². The minimum atomic E-state index is -0.859. The van der Waals surface area contributed by atoms with Crippen LogP contribution in [0.3, 0.4) is 0 Å². The van der Waals surface area contributed by atoms with Crippen molar-refractivity contribution >= 4 is 5.97 Å². The molecule has 2 N–H and O–H groups in total. The fourth-order valence-electron chi connectivity index (χ4n) is 4.87. The molecule has 4 fully saturated rings. The van der Waals surface area contributed by atoms with E-state index in [-0.39, 0.29) is 5.97 Å². The van der Waals surface area contributed by atoms with Crippen molar-refractivity contribution in [3.05, 3.63) is 0 Å². The van der Waals surface area contributed by atoms with E-state index in [2.05, 4.69) is 0 Å². The van der Waals surface area contributed by atoms with Gasteiger partial charge in [-0.05, 0) is 70.1 Å². The standard InChI is InChI=1S/C15H25NO2/c1-14(2,16)13(17)18-9-15-6-10-3-11(7-15)5-12(4-10)8-15/h10-12H,3-9,16H2,1-2H3. The summed E-state index contributed by atoms with van der Waals surface area (Å²) in [5.74, 6) is 2.46. The van der Waals surface area contributed by atoms with Crippen LogP contribution in [0.5, 0.6) is 0 Å². The Morgan fingerprint density at radius 3 is 2.00 bits per heavy atom. The Morgan fingerprint density at radius 1 is 1.17 bits per heavy atom. The second-order valence-electron chi connectivity index (χ2n) is 7.72. The topological polar surface area (TPSA) is 52.3 Å². The normalized spacial score (nSPS) is 42.1. The molecule has 0 radical (unpaired) electrons. The first-order valence-corrected chi connectivity index (χ1v) is 7.32. The zero-order chi connectivity index (χ0) is 13.0. The lowest BCUT2D eigenvalue weighted by molar-refractivity contribution is -0.160. The summed E-state index contributed by atoms with van der Waals surface area (Å²) in [4.78, 5) is 11.8. The van der Waals surface area contributed by atoms with Gasteiger partial charge < -0.3 is 10.5 Å². The Balaban J connectivity index is 1.64. The van der Waals surface area contributed by atoms with Crippen LogP contribution in [-0.4, -0.2) is 18.1 Å². The second kappa shape index (κ2) is 3.96. The molecule has 0 aromatic carbocycles. The fraction of sp³-hybridized carbons (Fsp3) is 0.933. The summed E-state index contributed by atoms with van der Waals surface area (Å²) in [7, 11) is 0. The zero-order valence-corrected chi connectivity index (χ0v) is 11.6. The minimum Gasteiger partial charge on any atom is -0.464 e. The summed E-state index contributed by atoms with van der Waals surface area (Å²) < 4.78 is 5.53. The van der Waals surface area contributed by atoms with Crippen LogP contribution >= 0.6 is 0 Å². The Labute approximate surface area is 109 Å². The molecule has 0 spiro atoms. The highest BCUT2D eigenvalue weighted by molar-refractivity contribution is 5.79. The number of hydrogen-bond donors (Lipinski definition) is 1. The van der Waals surface area contributed by atoms with Crippen LogP contribution < -0.4 is 5.73 Å². The summed E-state index contributed by atoms with van der Waals surface area (Å²) >= 11 is 0. The first kappa shape index (κ1) is 12.5. The largest absolute Gasteiger partial charge is 0.464 e. The first-order valence-electron chi connectivity index (χ1n) is 7.32. The molecule has 0 heterocycles. The fourth-order valence-corrected chi connectivity index (χ4v) is 4.87. The van der Waals surface area contributed by atoms with Crippen molar-refractivity contribution in [3.63, 3.8) is 0 Å². The van der Waals surface area contributed by atoms with Crippen molar-refractivity contribution in [1.29, 1.82) is 0 Å². The zero-order valence-electron chi connectivity index (χ0n) is 11.6. The van der Waals surface area contributed by atoms with Crippen LogP contribution in [0.4, 0.5) is 0 Å². The molecule has 18 heavy (non-hydrogen) atoms. The lowest BCUT2D eigenvalue weighted by Gasteiger charge is -2.56. The third-order valence-corrected chi connectivity index (χ3v) is 5.20. The van der Waals surface area contributed by atoms with Gasteiger partial charge in [0.15, 0.2) is 0 Å². The average molecular weight is 251 g/mol. The second-order valence-corrected chi connectivity index (χ2v) is 7.72. The molecule has 0 atom stereocenters. The SMILES string of the molecule is CC(C)(N)C(=O)OCC12CC3CC(CC(C3)C1)C2. The monoisotopic (exact) mass is 251 g/mol. The van der Waals surface area contributed by atoms with Gasteiger partial charge in [-0.3, -0.25) is 4.79 Å². The maximum Gasteiger partial charge on any atom is 0.325 e. The van der Waals surface area contributed by atoms with Crippen LogP contribution in [-0.2, 0) is 9.53 Å². The molecule has 3 nitrogen and oxygen atoms in total. The average Bonchev–Trinajstić information content (AvgIpc) is 2.22. The minimum absolute atomic E-state index is 0.252. The number of ether oxygens (including phenoxy) is 1. The van der Waals surface area contributed by atoms with Crippen molar-refractivity contribution in [2.24, 2.45) is 28.9 Å². The molecule has 3 heteroatoms. The van der Waals surface area contributed by atoms with Gasteiger partial charge in [0.1, 0.15) is 5.54 Å². The Morgan fingerprint density at radius 2 is 1.61 bits per heavy atom. The van der Waals surface area contributed by atoms with E-state index in [4.69, 9.17) is 10.5 Å². The van der Waals surface area contributed by atoms with E-state index in [1.165, 1.54) is 38.5 Å². The van der Waals surface area contributed by atoms with Gasteiger partial charge in [-0.25, -0.2) is 0 Å². The van der Waals surface area contributed by atoms with Gasteiger partial charge in [0, 0.05) is 5.41 Å². The summed E-state index contributed by atoms with van der Waals surface area (Å²) in [5.41, 5.74) is 5.22. The smallest absolute Gasteiger partial charge is 0.325 e. The predicted molar refractivity (Wildman–Crippen MR) is 69.8 cm³/mol. The van der Waals surface area contributed by atoms with Crippen molar-refractivity contribution in [3.8, 4) is 0 Å². The lowest BCUT2D eigenvalue weighted by Crippen LogP contribution is -2.50. The quantitative estimate of drug-likeness (QED) is 0.784. The molecule has 0 aliphatic heterocycles. The summed E-state index contributed by atoms with van der Waals surface area (Å²) in [6, 6.07) is 0. The van der Waals surface area contributed by atoms with Gasteiger partial charge in [-0.2, -0.15) is 0 Å². The van der Waals surface area contributed by atoms with Gasteiger partial charge in [-0.1, -0.05) is 0 Å². The highest BCUT2D eigenvalue weighted by Crippen LogP contribution is 2.60. The van der Waals surface area contributed by atoms with Crippen LogP contribution in [0.25, 0.3) is 0 Å². The van der Waals surface area contributed by atoms with Gasteiger partial charge >= 0.3 is 5.97 Å². The number of esters is 1. The third kappa shape index (κ3) is 2.18. The number of carbonyl (C=O) groups excluding carboxylic acids is 1. The van der Waals surface area contributed by atoms with E-state index in [1.54, 1.807) is 13.8 Å². The molecule has 4 aliphatic rings. The van der Waals surface area contributed by atoms with Crippen LogP contribution in [0, 0.1) is 23.2 Å². The van der Waals surface area contributed by atoms with E-state index < -0.39 is 5.54 Å². The summed E-state index contributed by atoms with van der Waals surface area (Å²) in [6.45, 7) is 4.04. The Hall–Kier alpha value is -0.570. The number of rotatable bonds is 3. The van der Waals surface area contributed by atoms with Crippen LogP contribution in [0.2, 0.25) is 0 Å². The predicted octanol–water partition coefficient (Wildman–Crippen LogP) is 2.48. The molecule has 0 saturated heterocycles. The van der Waals surface area contributed by atoms with Crippen molar-refractivity contribution < 1.29 is 9.53 Å².